The average Bonchev–Trinajstić information content (AvgIpc) is 2.42. The molecular formula is C14H28N2O2S. The summed E-state index contributed by atoms with van der Waals surface area (Å²) < 4.78 is 25.3. The Labute approximate surface area is 118 Å². The van der Waals surface area contributed by atoms with E-state index >= 15 is 0 Å². The second kappa shape index (κ2) is 6.55. The summed E-state index contributed by atoms with van der Waals surface area (Å²) in [6.07, 6.45) is 7.25. The van der Waals surface area contributed by atoms with Crippen LogP contribution >= 0.6 is 0 Å². The zero-order valence-corrected chi connectivity index (χ0v) is 13.1. The number of sulfonamides is 1. The highest BCUT2D eigenvalue weighted by Crippen LogP contribution is 2.25. The van der Waals surface area contributed by atoms with Gasteiger partial charge >= 0.3 is 0 Å². The van der Waals surface area contributed by atoms with E-state index in [4.69, 9.17) is 0 Å². The molecule has 0 bridgehead atoms. The van der Waals surface area contributed by atoms with E-state index in [2.05, 4.69) is 12.2 Å². The first-order valence-electron chi connectivity index (χ1n) is 7.77. The summed E-state index contributed by atoms with van der Waals surface area (Å²) in [5.41, 5.74) is 0. The lowest BCUT2D eigenvalue weighted by Crippen LogP contribution is -2.50. The molecule has 2 fully saturated rings. The molecule has 0 spiro atoms. The number of nitrogens with zero attached hydrogens (tertiary/aromatic N) is 1. The van der Waals surface area contributed by atoms with Crippen molar-refractivity contribution in [2.45, 2.75) is 64.5 Å². The van der Waals surface area contributed by atoms with Gasteiger partial charge in [0.2, 0.25) is 10.0 Å². The van der Waals surface area contributed by atoms with Crippen molar-refractivity contribution in [2.24, 2.45) is 5.92 Å². The van der Waals surface area contributed by atoms with E-state index in [0.717, 1.165) is 18.8 Å². The van der Waals surface area contributed by atoms with Gasteiger partial charge in [0.15, 0.2) is 0 Å². The zero-order chi connectivity index (χ0) is 13.9. The summed E-state index contributed by atoms with van der Waals surface area (Å²) >= 11 is 0. The number of hydrogen-bond donors (Lipinski definition) is 1. The van der Waals surface area contributed by atoms with Crippen LogP contribution in [0.25, 0.3) is 0 Å². The van der Waals surface area contributed by atoms with Gasteiger partial charge < -0.3 is 5.32 Å². The van der Waals surface area contributed by atoms with Crippen LogP contribution < -0.4 is 5.32 Å². The van der Waals surface area contributed by atoms with Gasteiger partial charge in [-0.2, -0.15) is 0 Å². The highest BCUT2D eigenvalue weighted by atomic mass is 32.2. The predicted octanol–water partition coefficient (Wildman–Crippen LogP) is 1.97. The topological polar surface area (TPSA) is 49.4 Å². The molecule has 112 valence electrons. The van der Waals surface area contributed by atoms with Gasteiger partial charge in [-0.25, -0.2) is 12.7 Å². The third-order valence-corrected chi connectivity index (χ3v) is 6.65. The van der Waals surface area contributed by atoms with Gasteiger partial charge in [0, 0.05) is 25.2 Å². The van der Waals surface area contributed by atoms with Crippen molar-refractivity contribution in [3.05, 3.63) is 0 Å². The molecule has 5 heteroatoms. The Hall–Kier alpha value is -0.130. The number of nitrogens with one attached hydrogen (secondary N) is 1. The van der Waals surface area contributed by atoms with Gasteiger partial charge in [0.1, 0.15) is 0 Å². The Morgan fingerprint density at radius 3 is 2.32 bits per heavy atom. The molecule has 2 atom stereocenters. The summed E-state index contributed by atoms with van der Waals surface area (Å²) in [7, 11) is -2.98. The fraction of sp³-hybridized carbons (Fsp3) is 1.00. The largest absolute Gasteiger partial charge is 0.311 e. The fourth-order valence-corrected chi connectivity index (χ4v) is 4.48. The second-order valence-electron chi connectivity index (χ2n) is 6.11. The van der Waals surface area contributed by atoms with Crippen LogP contribution in [0.2, 0.25) is 0 Å². The van der Waals surface area contributed by atoms with Crippen LogP contribution in [0.5, 0.6) is 0 Å². The van der Waals surface area contributed by atoms with E-state index in [9.17, 15) is 8.42 Å². The Morgan fingerprint density at radius 1 is 1.11 bits per heavy atom. The van der Waals surface area contributed by atoms with Gasteiger partial charge in [0.25, 0.3) is 0 Å². The van der Waals surface area contributed by atoms with E-state index in [1.54, 1.807) is 11.2 Å². The minimum atomic E-state index is -2.98. The number of rotatable bonds is 4. The zero-order valence-electron chi connectivity index (χ0n) is 12.3. The standard InChI is InChI=1S/C14H28N2O2S/c1-3-19(17,18)16-10-8-13(9-11-16)15-14-7-5-4-6-12(14)2/h12-15H,3-11H2,1-2H3. The SMILES string of the molecule is CCS(=O)(=O)N1CCC(NC2CCCCC2C)CC1. The van der Waals surface area contributed by atoms with Crippen LogP contribution in [0.3, 0.4) is 0 Å². The lowest BCUT2D eigenvalue weighted by molar-refractivity contribution is 0.216. The molecule has 0 aromatic heterocycles. The van der Waals surface area contributed by atoms with Gasteiger partial charge in [0.05, 0.1) is 5.75 Å². The Balaban J connectivity index is 1.80. The van der Waals surface area contributed by atoms with E-state index in [1.165, 1.54) is 25.7 Å². The minimum absolute atomic E-state index is 0.227. The number of hydrogen-bond acceptors (Lipinski definition) is 3. The fourth-order valence-electron chi connectivity index (χ4n) is 3.35. The van der Waals surface area contributed by atoms with Crippen LogP contribution in [0.4, 0.5) is 0 Å². The molecule has 1 aliphatic heterocycles. The molecule has 0 amide bonds. The molecule has 1 heterocycles. The summed E-state index contributed by atoms with van der Waals surface area (Å²) in [6, 6.07) is 1.15. The molecule has 1 N–H and O–H groups in total. The molecule has 0 aromatic rings. The smallest absolute Gasteiger partial charge is 0.213 e. The molecule has 0 radical (unpaired) electrons. The molecule has 1 saturated heterocycles. The quantitative estimate of drug-likeness (QED) is 0.860. The van der Waals surface area contributed by atoms with Crippen LogP contribution in [-0.2, 0) is 10.0 Å². The maximum atomic E-state index is 11.8. The summed E-state index contributed by atoms with van der Waals surface area (Å²) in [5, 5.41) is 3.78. The highest BCUT2D eigenvalue weighted by molar-refractivity contribution is 7.89. The van der Waals surface area contributed by atoms with E-state index in [0.29, 0.717) is 25.2 Å². The second-order valence-corrected chi connectivity index (χ2v) is 8.37. The van der Waals surface area contributed by atoms with Crippen molar-refractivity contribution in [3.63, 3.8) is 0 Å². The Kier molecular flexibility index (Phi) is 5.26. The van der Waals surface area contributed by atoms with Crippen LogP contribution in [0, 0.1) is 5.92 Å². The Morgan fingerprint density at radius 2 is 1.74 bits per heavy atom. The molecule has 2 unspecified atom stereocenters. The van der Waals surface area contributed by atoms with Crippen molar-refractivity contribution in [2.75, 3.05) is 18.8 Å². The predicted molar refractivity (Wildman–Crippen MR) is 78.6 cm³/mol. The minimum Gasteiger partial charge on any atom is -0.311 e. The van der Waals surface area contributed by atoms with Crippen molar-refractivity contribution < 1.29 is 8.42 Å². The van der Waals surface area contributed by atoms with E-state index in [-0.39, 0.29) is 5.75 Å². The summed E-state index contributed by atoms with van der Waals surface area (Å²) in [6.45, 7) is 5.45. The van der Waals surface area contributed by atoms with Gasteiger partial charge in [-0.15, -0.1) is 0 Å². The first-order valence-corrected chi connectivity index (χ1v) is 9.37. The van der Waals surface area contributed by atoms with E-state index in [1.807, 2.05) is 0 Å². The lowest BCUT2D eigenvalue weighted by atomic mass is 9.85. The monoisotopic (exact) mass is 288 g/mol. The van der Waals surface area contributed by atoms with Crippen LogP contribution in [0.1, 0.15) is 52.4 Å². The lowest BCUT2D eigenvalue weighted by Gasteiger charge is -2.37. The van der Waals surface area contributed by atoms with E-state index < -0.39 is 10.0 Å². The summed E-state index contributed by atoms with van der Waals surface area (Å²) in [5.74, 6) is 0.997. The van der Waals surface area contributed by atoms with Gasteiger partial charge in [-0.3, -0.25) is 0 Å². The number of piperidine rings is 1. The van der Waals surface area contributed by atoms with Crippen LogP contribution in [-0.4, -0.2) is 43.6 Å². The maximum absolute atomic E-state index is 11.8. The molecule has 19 heavy (non-hydrogen) atoms. The van der Waals surface area contributed by atoms with Crippen molar-refractivity contribution in [1.29, 1.82) is 0 Å². The normalized spacial score (nSPS) is 31.5. The molecule has 0 aromatic carbocycles. The van der Waals surface area contributed by atoms with Crippen LogP contribution in [0.15, 0.2) is 0 Å². The van der Waals surface area contributed by atoms with Crippen molar-refractivity contribution in [1.82, 2.24) is 9.62 Å². The molecular weight excluding hydrogens is 260 g/mol. The molecule has 1 aliphatic carbocycles. The molecule has 1 saturated carbocycles. The Bertz CT molecular complexity index is 375. The third kappa shape index (κ3) is 3.92. The maximum Gasteiger partial charge on any atom is 0.213 e. The molecule has 2 aliphatic rings. The van der Waals surface area contributed by atoms with Gasteiger partial charge in [-0.1, -0.05) is 19.8 Å². The van der Waals surface area contributed by atoms with Gasteiger partial charge in [-0.05, 0) is 38.5 Å². The highest BCUT2D eigenvalue weighted by Gasteiger charge is 2.29. The third-order valence-electron chi connectivity index (χ3n) is 4.77. The first kappa shape index (κ1) is 15.3. The molecule has 4 nitrogen and oxygen atoms in total. The van der Waals surface area contributed by atoms with Crippen molar-refractivity contribution >= 4 is 10.0 Å². The molecule has 2 rings (SSSR count). The summed E-state index contributed by atoms with van der Waals surface area (Å²) in [4.78, 5) is 0. The first-order chi connectivity index (χ1) is 9.03. The van der Waals surface area contributed by atoms with Crippen molar-refractivity contribution in [3.8, 4) is 0 Å². The average molecular weight is 288 g/mol.